The lowest BCUT2D eigenvalue weighted by Crippen LogP contribution is -2.29. The minimum Gasteiger partial charge on any atom is -0.385 e. The Balaban J connectivity index is 2.48. The van der Waals surface area contributed by atoms with E-state index in [0.29, 0.717) is 0 Å². The SMILES string of the molecule is CCC1(O)CCCc2cnccc21. The number of aromatic nitrogens is 1. The van der Waals surface area contributed by atoms with Crippen LogP contribution in [0.15, 0.2) is 18.5 Å². The molecule has 1 aliphatic carbocycles. The molecule has 1 unspecified atom stereocenters. The number of nitrogens with zero attached hydrogens (tertiary/aromatic N) is 1. The predicted molar refractivity (Wildman–Crippen MR) is 51.4 cm³/mol. The Morgan fingerprint density at radius 1 is 1.62 bits per heavy atom. The number of aryl methyl sites for hydroxylation is 1. The first kappa shape index (κ1) is 8.70. The van der Waals surface area contributed by atoms with E-state index in [-0.39, 0.29) is 0 Å². The smallest absolute Gasteiger partial charge is 0.0897 e. The lowest BCUT2D eigenvalue weighted by Gasteiger charge is -2.33. The standard InChI is InChI=1S/C11H15NO/c1-2-11(13)6-3-4-9-8-12-7-5-10(9)11/h5,7-8,13H,2-4,6H2,1H3. The maximum Gasteiger partial charge on any atom is 0.0897 e. The minimum absolute atomic E-state index is 0.587. The molecule has 0 fully saturated rings. The molecular formula is C11H15NO. The zero-order valence-electron chi connectivity index (χ0n) is 7.95. The van der Waals surface area contributed by atoms with Crippen LogP contribution in [0.5, 0.6) is 0 Å². The van der Waals surface area contributed by atoms with Gasteiger partial charge >= 0.3 is 0 Å². The number of aliphatic hydroxyl groups is 1. The summed E-state index contributed by atoms with van der Waals surface area (Å²) in [7, 11) is 0. The molecule has 2 heteroatoms. The lowest BCUT2D eigenvalue weighted by molar-refractivity contribution is 0.0147. The molecule has 0 aliphatic heterocycles. The summed E-state index contributed by atoms with van der Waals surface area (Å²) < 4.78 is 0. The van der Waals surface area contributed by atoms with Crippen LogP contribution in [0.25, 0.3) is 0 Å². The average molecular weight is 177 g/mol. The van der Waals surface area contributed by atoms with Crippen LogP contribution in [-0.4, -0.2) is 10.1 Å². The molecule has 13 heavy (non-hydrogen) atoms. The Labute approximate surface area is 78.6 Å². The summed E-state index contributed by atoms with van der Waals surface area (Å²) in [4.78, 5) is 4.09. The van der Waals surface area contributed by atoms with Gasteiger partial charge in [-0.15, -0.1) is 0 Å². The van der Waals surface area contributed by atoms with Gasteiger partial charge in [-0.05, 0) is 42.9 Å². The summed E-state index contributed by atoms with van der Waals surface area (Å²) in [6.07, 6.45) is 7.47. The maximum absolute atomic E-state index is 10.3. The Morgan fingerprint density at radius 2 is 2.46 bits per heavy atom. The molecular weight excluding hydrogens is 162 g/mol. The first-order valence-corrected chi connectivity index (χ1v) is 4.92. The topological polar surface area (TPSA) is 33.1 Å². The van der Waals surface area contributed by atoms with E-state index < -0.39 is 5.60 Å². The van der Waals surface area contributed by atoms with Crippen molar-refractivity contribution < 1.29 is 5.11 Å². The molecule has 2 nitrogen and oxygen atoms in total. The predicted octanol–water partition coefficient (Wildman–Crippen LogP) is 2.02. The van der Waals surface area contributed by atoms with Crippen LogP contribution in [0.1, 0.15) is 37.3 Å². The van der Waals surface area contributed by atoms with E-state index in [1.807, 2.05) is 19.2 Å². The summed E-state index contributed by atoms with van der Waals surface area (Å²) in [5.74, 6) is 0. The van der Waals surface area contributed by atoms with E-state index in [1.165, 1.54) is 5.56 Å². The Kier molecular flexibility index (Phi) is 2.08. The Morgan fingerprint density at radius 3 is 3.23 bits per heavy atom. The molecule has 70 valence electrons. The second-order valence-corrected chi connectivity index (χ2v) is 3.77. The Bertz CT molecular complexity index is 311. The van der Waals surface area contributed by atoms with E-state index in [0.717, 1.165) is 31.2 Å². The highest BCUT2D eigenvalue weighted by atomic mass is 16.3. The first-order valence-electron chi connectivity index (χ1n) is 4.92. The molecule has 1 aromatic rings. The molecule has 1 N–H and O–H groups in total. The quantitative estimate of drug-likeness (QED) is 0.711. The first-order chi connectivity index (χ1) is 6.26. The normalized spacial score (nSPS) is 26.9. The van der Waals surface area contributed by atoms with Gasteiger partial charge in [-0.1, -0.05) is 6.92 Å². The summed E-state index contributed by atoms with van der Waals surface area (Å²) in [5, 5.41) is 10.3. The third-order valence-corrected chi connectivity index (χ3v) is 3.03. The van der Waals surface area contributed by atoms with Crippen molar-refractivity contribution in [3.05, 3.63) is 29.6 Å². The average Bonchev–Trinajstić information content (AvgIpc) is 2.19. The van der Waals surface area contributed by atoms with E-state index in [4.69, 9.17) is 0 Å². The van der Waals surface area contributed by atoms with Crippen molar-refractivity contribution in [3.8, 4) is 0 Å². The van der Waals surface area contributed by atoms with E-state index in [9.17, 15) is 5.11 Å². The third kappa shape index (κ3) is 1.35. The van der Waals surface area contributed by atoms with Gasteiger partial charge in [-0.2, -0.15) is 0 Å². The molecule has 0 spiro atoms. The fourth-order valence-electron chi connectivity index (χ4n) is 2.15. The highest BCUT2D eigenvalue weighted by Crippen LogP contribution is 2.36. The van der Waals surface area contributed by atoms with Gasteiger partial charge in [0.15, 0.2) is 0 Å². The fraction of sp³-hybridized carbons (Fsp3) is 0.545. The third-order valence-electron chi connectivity index (χ3n) is 3.03. The second-order valence-electron chi connectivity index (χ2n) is 3.77. The number of hydrogen-bond donors (Lipinski definition) is 1. The van der Waals surface area contributed by atoms with Gasteiger partial charge in [0.2, 0.25) is 0 Å². The molecule has 2 rings (SSSR count). The highest BCUT2D eigenvalue weighted by Gasteiger charge is 2.32. The van der Waals surface area contributed by atoms with Gasteiger partial charge in [0.1, 0.15) is 0 Å². The summed E-state index contributed by atoms with van der Waals surface area (Å²) in [6, 6.07) is 1.96. The Hall–Kier alpha value is -0.890. The van der Waals surface area contributed by atoms with Crippen LogP contribution < -0.4 is 0 Å². The lowest BCUT2D eigenvalue weighted by atomic mass is 9.78. The molecule has 0 radical (unpaired) electrons. The molecule has 1 aliphatic rings. The van der Waals surface area contributed by atoms with Crippen molar-refractivity contribution in [1.82, 2.24) is 4.98 Å². The van der Waals surface area contributed by atoms with E-state index in [1.54, 1.807) is 6.20 Å². The molecule has 1 heterocycles. The van der Waals surface area contributed by atoms with Gasteiger partial charge < -0.3 is 5.11 Å². The van der Waals surface area contributed by atoms with Gasteiger partial charge in [-0.25, -0.2) is 0 Å². The molecule has 1 aromatic heterocycles. The minimum atomic E-state index is -0.587. The van der Waals surface area contributed by atoms with Crippen LogP contribution in [0, 0.1) is 0 Å². The largest absolute Gasteiger partial charge is 0.385 e. The maximum atomic E-state index is 10.3. The van der Waals surface area contributed by atoms with Gasteiger partial charge in [0.25, 0.3) is 0 Å². The second kappa shape index (κ2) is 3.11. The van der Waals surface area contributed by atoms with Crippen LogP contribution in [-0.2, 0) is 12.0 Å². The fourth-order valence-corrected chi connectivity index (χ4v) is 2.15. The van der Waals surface area contributed by atoms with Crippen LogP contribution >= 0.6 is 0 Å². The van der Waals surface area contributed by atoms with Crippen molar-refractivity contribution in [2.45, 2.75) is 38.2 Å². The zero-order valence-corrected chi connectivity index (χ0v) is 7.95. The van der Waals surface area contributed by atoms with Crippen LogP contribution in [0.4, 0.5) is 0 Å². The molecule has 0 saturated heterocycles. The van der Waals surface area contributed by atoms with Crippen molar-refractivity contribution in [2.75, 3.05) is 0 Å². The van der Waals surface area contributed by atoms with Crippen molar-refractivity contribution >= 4 is 0 Å². The zero-order chi connectivity index (χ0) is 9.31. The molecule has 1 atom stereocenters. The van der Waals surface area contributed by atoms with E-state index >= 15 is 0 Å². The summed E-state index contributed by atoms with van der Waals surface area (Å²) >= 11 is 0. The van der Waals surface area contributed by atoms with Crippen molar-refractivity contribution in [1.29, 1.82) is 0 Å². The van der Waals surface area contributed by atoms with Crippen LogP contribution in [0.2, 0.25) is 0 Å². The molecule has 0 saturated carbocycles. The van der Waals surface area contributed by atoms with Crippen molar-refractivity contribution in [2.24, 2.45) is 0 Å². The van der Waals surface area contributed by atoms with Gasteiger partial charge in [0.05, 0.1) is 5.60 Å². The monoisotopic (exact) mass is 177 g/mol. The molecule has 0 aromatic carbocycles. The summed E-state index contributed by atoms with van der Waals surface area (Å²) in [5.41, 5.74) is 1.73. The number of pyridine rings is 1. The molecule has 0 amide bonds. The summed E-state index contributed by atoms with van der Waals surface area (Å²) in [6.45, 7) is 2.04. The van der Waals surface area contributed by atoms with E-state index in [2.05, 4.69) is 4.98 Å². The van der Waals surface area contributed by atoms with Crippen LogP contribution in [0.3, 0.4) is 0 Å². The number of fused-ring (bicyclic) bond motifs is 1. The van der Waals surface area contributed by atoms with Gasteiger partial charge in [-0.3, -0.25) is 4.98 Å². The number of rotatable bonds is 1. The highest BCUT2D eigenvalue weighted by molar-refractivity contribution is 5.31. The van der Waals surface area contributed by atoms with Crippen molar-refractivity contribution in [3.63, 3.8) is 0 Å². The number of hydrogen-bond acceptors (Lipinski definition) is 2. The van der Waals surface area contributed by atoms with Gasteiger partial charge in [0, 0.05) is 12.4 Å². The molecule has 0 bridgehead atoms.